The van der Waals surface area contributed by atoms with Gasteiger partial charge in [0.2, 0.25) is 0 Å². The summed E-state index contributed by atoms with van der Waals surface area (Å²) in [6.45, 7) is 0. The fourth-order valence-electron chi connectivity index (χ4n) is 5.35. The van der Waals surface area contributed by atoms with Gasteiger partial charge in [-0.3, -0.25) is 0 Å². The molecule has 6 aromatic rings. The number of alkyl halides is 6. The molecule has 0 aliphatic carbocycles. The third-order valence-corrected chi connectivity index (χ3v) is 7.30. The zero-order valence-corrected chi connectivity index (χ0v) is 21.6. The van der Waals surface area contributed by atoms with Gasteiger partial charge in [0.1, 0.15) is 11.5 Å². The van der Waals surface area contributed by atoms with Crippen LogP contribution in [0.25, 0.3) is 54.9 Å². The van der Waals surface area contributed by atoms with Crippen LogP contribution in [0.5, 0.6) is 11.5 Å². The van der Waals surface area contributed by atoms with Crippen LogP contribution in [0.3, 0.4) is 0 Å². The standard InChI is InChI=1S/C34H20F6O2/c35-33(36,37)23-11-5-9-19(15-23)27-17-21-7-1-3-13-25(21)29(31(27)41)30-26-14-4-2-8-22(26)18-28(32(30)42)20-10-6-12-24(16-20)34(38,39)40/h1-18,41-42H. The Morgan fingerprint density at radius 3 is 1.19 bits per heavy atom. The lowest BCUT2D eigenvalue weighted by Gasteiger charge is -2.20. The molecular formula is C34H20F6O2. The molecule has 6 rings (SSSR count). The maximum absolute atomic E-state index is 13.6. The first kappa shape index (κ1) is 27.2. The van der Waals surface area contributed by atoms with E-state index in [0.29, 0.717) is 21.5 Å². The molecule has 0 saturated carbocycles. The van der Waals surface area contributed by atoms with Crippen molar-refractivity contribution in [2.45, 2.75) is 12.4 Å². The Hall–Kier alpha value is -4.98. The Kier molecular flexibility index (Phi) is 6.37. The number of rotatable bonds is 3. The minimum atomic E-state index is -4.61. The van der Waals surface area contributed by atoms with Crippen molar-refractivity contribution in [1.82, 2.24) is 0 Å². The van der Waals surface area contributed by atoms with Crippen LogP contribution in [0.15, 0.2) is 109 Å². The number of hydrogen-bond donors (Lipinski definition) is 2. The number of phenols is 2. The van der Waals surface area contributed by atoms with Crippen LogP contribution in [-0.2, 0) is 12.4 Å². The van der Waals surface area contributed by atoms with E-state index in [2.05, 4.69) is 0 Å². The number of phenolic OH excluding ortho intramolecular Hbond substituents is 2. The first-order valence-electron chi connectivity index (χ1n) is 12.8. The van der Waals surface area contributed by atoms with Gasteiger partial charge in [-0.2, -0.15) is 26.3 Å². The summed E-state index contributed by atoms with van der Waals surface area (Å²) in [7, 11) is 0. The molecule has 0 heterocycles. The van der Waals surface area contributed by atoms with Gasteiger partial charge < -0.3 is 10.2 Å². The average molecular weight is 575 g/mol. The van der Waals surface area contributed by atoms with E-state index in [0.717, 1.165) is 24.3 Å². The molecule has 2 nitrogen and oxygen atoms in total. The van der Waals surface area contributed by atoms with E-state index in [-0.39, 0.29) is 44.9 Å². The van der Waals surface area contributed by atoms with Crippen LogP contribution in [-0.4, -0.2) is 10.2 Å². The van der Waals surface area contributed by atoms with Crippen molar-refractivity contribution in [2.75, 3.05) is 0 Å². The third-order valence-electron chi connectivity index (χ3n) is 7.30. The lowest BCUT2D eigenvalue weighted by atomic mass is 9.86. The SMILES string of the molecule is Oc1c(-c2cccc(C(F)(F)F)c2)cc2ccccc2c1-c1c(O)c(-c2cccc(C(F)(F)F)c2)cc2ccccc12. The van der Waals surface area contributed by atoms with E-state index in [1.54, 1.807) is 60.7 Å². The van der Waals surface area contributed by atoms with Crippen LogP contribution >= 0.6 is 0 Å². The number of halogens is 6. The maximum Gasteiger partial charge on any atom is 0.416 e. The molecule has 0 bridgehead atoms. The second-order valence-electron chi connectivity index (χ2n) is 9.89. The van der Waals surface area contributed by atoms with Crippen molar-refractivity contribution in [2.24, 2.45) is 0 Å². The Morgan fingerprint density at radius 1 is 0.429 bits per heavy atom. The molecule has 210 valence electrons. The topological polar surface area (TPSA) is 40.5 Å². The zero-order valence-electron chi connectivity index (χ0n) is 21.6. The molecule has 42 heavy (non-hydrogen) atoms. The summed E-state index contributed by atoms with van der Waals surface area (Å²) in [5.74, 6) is -0.760. The average Bonchev–Trinajstić information content (AvgIpc) is 2.96. The Balaban J connectivity index is 1.71. The van der Waals surface area contributed by atoms with E-state index in [1.165, 1.54) is 24.3 Å². The van der Waals surface area contributed by atoms with Crippen molar-refractivity contribution in [1.29, 1.82) is 0 Å². The Labute approximate surface area is 235 Å². The van der Waals surface area contributed by atoms with Gasteiger partial charge >= 0.3 is 12.4 Å². The molecule has 0 radical (unpaired) electrons. The number of benzene rings is 6. The Bertz CT molecular complexity index is 1850. The predicted octanol–water partition coefficient (Wildman–Crippen LogP) is 10.4. The van der Waals surface area contributed by atoms with E-state index in [9.17, 15) is 36.6 Å². The van der Waals surface area contributed by atoms with E-state index in [1.807, 2.05) is 0 Å². The number of hydrogen-bond acceptors (Lipinski definition) is 2. The molecule has 0 saturated heterocycles. The van der Waals surface area contributed by atoms with E-state index < -0.39 is 23.5 Å². The fraction of sp³-hybridized carbons (Fsp3) is 0.0588. The molecule has 6 aromatic carbocycles. The summed E-state index contributed by atoms with van der Waals surface area (Å²) in [5, 5.41) is 25.6. The molecule has 0 atom stereocenters. The summed E-state index contributed by atoms with van der Waals surface area (Å²) in [4.78, 5) is 0. The molecule has 0 spiro atoms. The van der Waals surface area contributed by atoms with Gasteiger partial charge in [0.25, 0.3) is 0 Å². The minimum Gasteiger partial charge on any atom is -0.507 e. The van der Waals surface area contributed by atoms with Gasteiger partial charge in [0, 0.05) is 22.3 Å². The lowest BCUT2D eigenvalue weighted by Crippen LogP contribution is -2.04. The molecule has 0 fully saturated rings. The molecule has 0 unspecified atom stereocenters. The van der Waals surface area contributed by atoms with Crippen molar-refractivity contribution in [3.05, 3.63) is 120 Å². The van der Waals surface area contributed by atoms with Gasteiger partial charge in [0.15, 0.2) is 0 Å². The highest BCUT2D eigenvalue weighted by molar-refractivity contribution is 6.13. The summed E-state index contributed by atoms with van der Waals surface area (Å²) >= 11 is 0. The van der Waals surface area contributed by atoms with Gasteiger partial charge in [-0.1, -0.05) is 72.8 Å². The third kappa shape index (κ3) is 4.68. The second-order valence-corrected chi connectivity index (χ2v) is 9.89. The van der Waals surface area contributed by atoms with Crippen LogP contribution in [0.4, 0.5) is 26.3 Å². The molecule has 0 amide bonds. The van der Waals surface area contributed by atoms with Gasteiger partial charge in [-0.25, -0.2) is 0 Å². The van der Waals surface area contributed by atoms with E-state index in [4.69, 9.17) is 0 Å². The normalized spacial score (nSPS) is 12.2. The van der Waals surface area contributed by atoms with Crippen LogP contribution in [0.2, 0.25) is 0 Å². The maximum atomic E-state index is 13.6. The molecule has 0 aliphatic heterocycles. The highest BCUT2D eigenvalue weighted by atomic mass is 19.4. The first-order valence-corrected chi connectivity index (χ1v) is 12.8. The summed E-state index contributed by atoms with van der Waals surface area (Å²) in [6, 6.07) is 26.0. The molecule has 0 aromatic heterocycles. The van der Waals surface area contributed by atoms with Crippen molar-refractivity contribution in [3.63, 3.8) is 0 Å². The largest absolute Gasteiger partial charge is 0.507 e. The molecule has 0 aliphatic rings. The monoisotopic (exact) mass is 574 g/mol. The number of fused-ring (bicyclic) bond motifs is 2. The molecule has 8 heteroatoms. The number of aromatic hydroxyl groups is 2. The second kappa shape index (κ2) is 9.83. The van der Waals surface area contributed by atoms with Crippen LogP contribution in [0, 0.1) is 0 Å². The summed E-state index contributed by atoms with van der Waals surface area (Å²) < 4.78 is 81.3. The van der Waals surface area contributed by atoms with Gasteiger partial charge in [-0.05, 0) is 69.1 Å². The van der Waals surface area contributed by atoms with Gasteiger partial charge in [0.05, 0.1) is 11.1 Å². The summed E-state index contributed by atoms with van der Waals surface area (Å²) in [5.41, 5.74) is -1.10. The quantitative estimate of drug-likeness (QED) is 0.207. The van der Waals surface area contributed by atoms with Crippen molar-refractivity contribution in [3.8, 4) is 44.9 Å². The molecular weight excluding hydrogens is 554 g/mol. The van der Waals surface area contributed by atoms with E-state index >= 15 is 0 Å². The van der Waals surface area contributed by atoms with Gasteiger partial charge in [-0.15, -0.1) is 0 Å². The lowest BCUT2D eigenvalue weighted by molar-refractivity contribution is -0.138. The smallest absolute Gasteiger partial charge is 0.416 e. The highest BCUT2D eigenvalue weighted by Gasteiger charge is 2.32. The minimum absolute atomic E-state index is 0.0998. The van der Waals surface area contributed by atoms with Crippen molar-refractivity contribution >= 4 is 21.5 Å². The fourth-order valence-corrected chi connectivity index (χ4v) is 5.35. The highest BCUT2D eigenvalue weighted by Crippen LogP contribution is 2.51. The first-order chi connectivity index (χ1) is 19.9. The zero-order chi connectivity index (χ0) is 29.8. The van der Waals surface area contributed by atoms with Crippen LogP contribution < -0.4 is 0 Å². The summed E-state index contributed by atoms with van der Waals surface area (Å²) in [6.07, 6.45) is -9.22. The Morgan fingerprint density at radius 2 is 0.810 bits per heavy atom. The molecule has 2 N–H and O–H groups in total. The van der Waals surface area contributed by atoms with Crippen molar-refractivity contribution < 1.29 is 36.6 Å². The predicted molar refractivity (Wildman–Crippen MR) is 151 cm³/mol. The van der Waals surface area contributed by atoms with Crippen LogP contribution in [0.1, 0.15) is 11.1 Å².